The summed E-state index contributed by atoms with van der Waals surface area (Å²) in [5.41, 5.74) is 5.32. The number of hydrogen-bond donors (Lipinski definition) is 1. The van der Waals surface area contributed by atoms with E-state index in [1.165, 1.54) is 42.1 Å². The lowest BCUT2D eigenvalue weighted by Crippen LogP contribution is -2.49. The van der Waals surface area contributed by atoms with Crippen molar-refractivity contribution in [2.45, 2.75) is 31.2 Å². The van der Waals surface area contributed by atoms with Crippen LogP contribution < -0.4 is 10.2 Å². The molecule has 3 fully saturated rings. The number of carbonyl (C=O) groups excluding carboxylic acids is 1. The maximum atomic E-state index is 14.2. The number of amides is 1. The third-order valence-electron chi connectivity index (χ3n) is 9.25. The maximum Gasteiger partial charge on any atom is 0.253 e. The molecule has 3 aromatic rings. The van der Waals surface area contributed by atoms with Gasteiger partial charge in [0.2, 0.25) is 0 Å². The first kappa shape index (κ1) is 21.9. The first-order valence-electron chi connectivity index (χ1n) is 13.4. The lowest BCUT2D eigenvalue weighted by Gasteiger charge is -2.44. The Labute approximate surface area is 212 Å². The standard InChI is InChI=1S/C31H32FN3O/c32-25-8-4-5-9-27(25)34-14-16-35(17-15-34)31(36)23-12-13-26-24(19-23)28-21-10-11-22(18-21)29(28)30(33-26)20-6-2-1-3-7-20/h1-9,12-13,19,21-22,28-30,33H,10-11,14-18H2/t21-,22-,28-,29+,30-/m0/s1. The van der Waals surface area contributed by atoms with Crippen molar-refractivity contribution in [3.05, 3.63) is 95.3 Å². The average molecular weight is 482 g/mol. The third-order valence-corrected chi connectivity index (χ3v) is 9.25. The van der Waals surface area contributed by atoms with E-state index in [4.69, 9.17) is 0 Å². The highest BCUT2D eigenvalue weighted by Crippen LogP contribution is 2.63. The van der Waals surface area contributed by atoms with Gasteiger partial charge < -0.3 is 15.1 Å². The van der Waals surface area contributed by atoms with Crippen LogP contribution in [0.15, 0.2) is 72.8 Å². The largest absolute Gasteiger partial charge is 0.378 e. The predicted molar refractivity (Wildman–Crippen MR) is 141 cm³/mol. The highest BCUT2D eigenvalue weighted by Gasteiger charge is 2.53. The summed E-state index contributed by atoms with van der Waals surface area (Å²) in [6.45, 7) is 2.50. The van der Waals surface area contributed by atoms with Crippen molar-refractivity contribution in [1.29, 1.82) is 0 Å². The molecule has 0 unspecified atom stereocenters. The van der Waals surface area contributed by atoms with Gasteiger partial charge in [-0.3, -0.25) is 4.79 Å². The summed E-state index contributed by atoms with van der Waals surface area (Å²) in [6.07, 6.45) is 3.95. The van der Waals surface area contributed by atoms with Crippen molar-refractivity contribution in [2.75, 3.05) is 36.4 Å². The van der Waals surface area contributed by atoms with Crippen molar-refractivity contribution >= 4 is 17.3 Å². The summed E-state index contributed by atoms with van der Waals surface area (Å²) in [5.74, 6) is 2.49. The summed E-state index contributed by atoms with van der Waals surface area (Å²) in [7, 11) is 0. The molecule has 0 radical (unpaired) electrons. The van der Waals surface area contributed by atoms with Crippen LogP contribution in [-0.4, -0.2) is 37.0 Å². The number of rotatable bonds is 3. The van der Waals surface area contributed by atoms with Gasteiger partial charge >= 0.3 is 0 Å². The third kappa shape index (κ3) is 3.51. The zero-order chi connectivity index (χ0) is 24.2. The number of hydrogen-bond acceptors (Lipinski definition) is 3. The molecule has 3 aromatic carbocycles. The van der Waals surface area contributed by atoms with E-state index >= 15 is 0 Å². The Morgan fingerprint density at radius 1 is 0.861 bits per heavy atom. The van der Waals surface area contributed by atoms with Gasteiger partial charge in [0, 0.05) is 37.4 Å². The fourth-order valence-corrected chi connectivity index (χ4v) is 7.65. The van der Waals surface area contributed by atoms with E-state index in [2.05, 4.69) is 47.8 Å². The molecule has 2 aliphatic carbocycles. The van der Waals surface area contributed by atoms with E-state index in [1.54, 1.807) is 6.07 Å². The van der Waals surface area contributed by atoms with Crippen LogP contribution in [0, 0.1) is 23.6 Å². The van der Waals surface area contributed by atoms with Gasteiger partial charge in [-0.05, 0) is 84.4 Å². The van der Waals surface area contributed by atoms with Crippen molar-refractivity contribution in [3.63, 3.8) is 0 Å². The smallest absolute Gasteiger partial charge is 0.253 e. The van der Waals surface area contributed by atoms with E-state index in [-0.39, 0.29) is 11.7 Å². The Morgan fingerprint density at radius 2 is 1.61 bits per heavy atom. The molecule has 184 valence electrons. The van der Waals surface area contributed by atoms with Crippen LogP contribution >= 0.6 is 0 Å². The molecular weight excluding hydrogens is 449 g/mol. The minimum absolute atomic E-state index is 0.0934. The van der Waals surface area contributed by atoms with E-state index in [1.807, 2.05) is 28.0 Å². The number of piperazine rings is 1. The zero-order valence-electron chi connectivity index (χ0n) is 20.4. The quantitative estimate of drug-likeness (QED) is 0.492. The van der Waals surface area contributed by atoms with Crippen molar-refractivity contribution in [3.8, 4) is 0 Å². The zero-order valence-corrected chi connectivity index (χ0v) is 20.4. The number of para-hydroxylation sites is 1. The van der Waals surface area contributed by atoms with Crippen molar-refractivity contribution in [2.24, 2.45) is 17.8 Å². The number of halogens is 1. The molecule has 2 aliphatic heterocycles. The molecule has 2 heterocycles. The normalized spacial score (nSPS) is 28.4. The van der Waals surface area contributed by atoms with Crippen LogP contribution in [0.3, 0.4) is 0 Å². The topological polar surface area (TPSA) is 35.6 Å². The van der Waals surface area contributed by atoms with Crippen molar-refractivity contribution in [1.82, 2.24) is 4.90 Å². The molecular formula is C31H32FN3O. The second-order valence-corrected chi connectivity index (χ2v) is 11.0. The van der Waals surface area contributed by atoms with Gasteiger partial charge in [0.25, 0.3) is 5.91 Å². The molecule has 0 aromatic heterocycles. The highest BCUT2D eigenvalue weighted by atomic mass is 19.1. The number of nitrogens with zero attached hydrogens (tertiary/aromatic N) is 2. The Kier molecular flexibility index (Phi) is 5.26. The van der Waals surface area contributed by atoms with Crippen LogP contribution in [0.5, 0.6) is 0 Å². The molecule has 4 aliphatic rings. The van der Waals surface area contributed by atoms with Crippen LogP contribution in [0.4, 0.5) is 15.8 Å². The highest BCUT2D eigenvalue weighted by molar-refractivity contribution is 5.95. The molecule has 5 heteroatoms. The lowest BCUT2D eigenvalue weighted by atomic mass is 9.68. The summed E-state index contributed by atoms with van der Waals surface area (Å²) < 4.78 is 14.2. The van der Waals surface area contributed by atoms with E-state index < -0.39 is 0 Å². The second kappa shape index (κ2) is 8.65. The predicted octanol–water partition coefficient (Wildman–Crippen LogP) is 6.08. The Hall–Kier alpha value is -3.34. The lowest BCUT2D eigenvalue weighted by molar-refractivity contribution is 0.0746. The molecule has 0 spiro atoms. The molecule has 7 rings (SSSR count). The van der Waals surface area contributed by atoms with Crippen molar-refractivity contribution < 1.29 is 9.18 Å². The molecule has 4 nitrogen and oxygen atoms in total. The fourth-order valence-electron chi connectivity index (χ4n) is 7.65. The minimum atomic E-state index is -0.200. The number of benzene rings is 3. The van der Waals surface area contributed by atoms with Gasteiger partial charge in [-0.1, -0.05) is 42.5 Å². The summed E-state index contributed by atoms with van der Waals surface area (Å²) in [6, 6.07) is 24.4. The van der Waals surface area contributed by atoms with Crippen LogP contribution in [0.25, 0.3) is 0 Å². The molecule has 1 amide bonds. The van der Waals surface area contributed by atoms with Crippen LogP contribution in [0.2, 0.25) is 0 Å². The summed E-state index contributed by atoms with van der Waals surface area (Å²) >= 11 is 0. The van der Waals surface area contributed by atoms with Gasteiger partial charge in [0.05, 0.1) is 11.7 Å². The van der Waals surface area contributed by atoms with Gasteiger partial charge in [0.1, 0.15) is 5.82 Å². The molecule has 2 bridgehead atoms. The van der Waals surface area contributed by atoms with Gasteiger partial charge in [-0.15, -0.1) is 0 Å². The Morgan fingerprint density at radius 3 is 2.42 bits per heavy atom. The van der Waals surface area contributed by atoms with Gasteiger partial charge in [0.15, 0.2) is 0 Å². The average Bonchev–Trinajstić information content (AvgIpc) is 3.56. The van der Waals surface area contributed by atoms with E-state index in [9.17, 15) is 9.18 Å². The number of nitrogens with one attached hydrogen (secondary N) is 1. The minimum Gasteiger partial charge on any atom is -0.378 e. The van der Waals surface area contributed by atoms with E-state index in [0.29, 0.717) is 49.7 Å². The van der Waals surface area contributed by atoms with E-state index in [0.717, 1.165) is 17.4 Å². The number of carbonyl (C=O) groups is 1. The second-order valence-electron chi connectivity index (χ2n) is 11.0. The molecule has 1 N–H and O–H groups in total. The maximum absolute atomic E-state index is 14.2. The monoisotopic (exact) mass is 481 g/mol. The molecule has 36 heavy (non-hydrogen) atoms. The first-order valence-corrected chi connectivity index (χ1v) is 13.4. The Bertz CT molecular complexity index is 1290. The number of anilines is 2. The fraction of sp³-hybridized carbons (Fsp3) is 0.387. The Balaban J connectivity index is 1.14. The van der Waals surface area contributed by atoms with Crippen LogP contribution in [0.1, 0.15) is 52.7 Å². The number of fused-ring (bicyclic) bond motifs is 7. The SMILES string of the molecule is O=C(c1ccc2c(c1)[C@@H]1[C@H]3CC[C@@H](C3)[C@H]1[C@H](c1ccccc1)N2)N1CCN(c2ccccc2F)CC1. The molecule has 1 saturated heterocycles. The van der Waals surface area contributed by atoms with Gasteiger partial charge in [-0.2, -0.15) is 0 Å². The summed E-state index contributed by atoms with van der Waals surface area (Å²) in [5, 5.41) is 3.88. The summed E-state index contributed by atoms with van der Waals surface area (Å²) in [4.78, 5) is 17.5. The first-order chi connectivity index (χ1) is 17.7. The molecule has 2 saturated carbocycles. The molecule has 5 atom stereocenters. The van der Waals surface area contributed by atoms with Gasteiger partial charge in [-0.25, -0.2) is 4.39 Å². The van der Waals surface area contributed by atoms with Crippen LogP contribution in [-0.2, 0) is 0 Å².